The number of thiazole rings is 1. The molecule has 0 radical (unpaired) electrons. The lowest BCUT2D eigenvalue weighted by Crippen LogP contribution is -2.49. The summed E-state index contributed by atoms with van der Waals surface area (Å²) in [5.74, 6) is -0.126. The van der Waals surface area contributed by atoms with Gasteiger partial charge in [0, 0.05) is 63.0 Å². The van der Waals surface area contributed by atoms with Crippen LogP contribution in [0.2, 0.25) is 0 Å². The van der Waals surface area contributed by atoms with Crippen molar-refractivity contribution in [3.05, 3.63) is 45.5 Å². The topological polar surface area (TPSA) is 82.8 Å². The number of carbonyl (C=O) groups is 1. The van der Waals surface area contributed by atoms with E-state index in [0.29, 0.717) is 31.7 Å². The SMILES string of the molecule is O=C(c1cc([N+](=O)[O-])ccc1N1CCCC1)N1CCN(c2nccs2)CC1. The van der Waals surface area contributed by atoms with Crippen molar-refractivity contribution in [2.24, 2.45) is 0 Å². The highest BCUT2D eigenvalue weighted by Crippen LogP contribution is 2.30. The molecule has 142 valence electrons. The van der Waals surface area contributed by atoms with Crippen LogP contribution >= 0.6 is 11.3 Å². The highest BCUT2D eigenvalue weighted by atomic mass is 32.1. The molecule has 9 heteroatoms. The van der Waals surface area contributed by atoms with Gasteiger partial charge in [0.05, 0.1) is 16.2 Å². The number of aromatic nitrogens is 1. The van der Waals surface area contributed by atoms with Crippen LogP contribution in [0.3, 0.4) is 0 Å². The normalized spacial score (nSPS) is 17.4. The molecule has 27 heavy (non-hydrogen) atoms. The third-order valence-corrected chi connectivity index (χ3v) is 5.96. The maximum absolute atomic E-state index is 13.2. The largest absolute Gasteiger partial charge is 0.371 e. The second kappa shape index (κ2) is 7.51. The summed E-state index contributed by atoms with van der Waals surface area (Å²) in [6, 6.07) is 4.65. The summed E-state index contributed by atoms with van der Waals surface area (Å²) in [6.45, 7) is 4.37. The van der Waals surface area contributed by atoms with Crippen molar-refractivity contribution in [1.82, 2.24) is 9.88 Å². The Kier molecular flexibility index (Phi) is 4.93. The third-order valence-electron chi connectivity index (χ3n) is 5.12. The average molecular weight is 387 g/mol. The van der Waals surface area contributed by atoms with Crippen LogP contribution in [-0.2, 0) is 0 Å². The monoisotopic (exact) mass is 387 g/mol. The molecule has 1 aromatic heterocycles. The quantitative estimate of drug-likeness (QED) is 0.592. The number of hydrogen-bond acceptors (Lipinski definition) is 7. The number of hydrogen-bond donors (Lipinski definition) is 0. The zero-order chi connectivity index (χ0) is 18.8. The summed E-state index contributed by atoms with van der Waals surface area (Å²) in [5.41, 5.74) is 1.21. The van der Waals surface area contributed by atoms with Gasteiger partial charge in [0.25, 0.3) is 11.6 Å². The fourth-order valence-corrected chi connectivity index (χ4v) is 4.38. The van der Waals surface area contributed by atoms with Gasteiger partial charge in [-0.2, -0.15) is 0 Å². The van der Waals surface area contributed by atoms with E-state index in [0.717, 1.165) is 36.8 Å². The third kappa shape index (κ3) is 3.59. The Balaban J connectivity index is 1.55. The lowest BCUT2D eigenvalue weighted by molar-refractivity contribution is -0.384. The molecule has 2 aliphatic heterocycles. The number of nitro benzene ring substituents is 1. The molecule has 2 aliphatic rings. The van der Waals surface area contributed by atoms with Gasteiger partial charge in [-0.1, -0.05) is 0 Å². The van der Waals surface area contributed by atoms with Crippen LogP contribution in [0.25, 0.3) is 0 Å². The molecule has 0 unspecified atom stereocenters. The lowest BCUT2D eigenvalue weighted by Gasteiger charge is -2.35. The first-order valence-corrected chi connectivity index (χ1v) is 9.98. The molecule has 2 fully saturated rings. The van der Waals surface area contributed by atoms with Gasteiger partial charge in [-0.3, -0.25) is 14.9 Å². The number of anilines is 2. The molecular weight excluding hydrogens is 366 g/mol. The van der Waals surface area contributed by atoms with Gasteiger partial charge in [0.1, 0.15) is 0 Å². The maximum atomic E-state index is 13.2. The number of nitrogens with zero attached hydrogens (tertiary/aromatic N) is 5. The van der Waals surface area contributed by atoms with Gasteiger partial charge in [-0.05, 0) is 18.9 Å². The Hall–Kier alpha value is -2.68. The number of nitro groups is 1. The molecule has 3 heterocycles. The Labute approximate surface area is 161 Å². The standard InChI is InChI=1S/C18H21N5O3S/c24-17(21-8-10-22(11-9-21)18-19-5-12-27-18)15-13-14(23(25)26)3-4-16(15)20-6-1-2-7-20/h3-5,12-13H,1-2,6-11H2. The van der Waals surface area contributed by atoms with Crippen molar-refractivity contribution < 1.29 is 9.72 Å². The van der Waals surface area contributed by atoms with Crippen molar-refractivity contribution in [1.29, 1.82) is 0 Å². The molecule has 1 aromatic carbocycles. The molecule has 4 rings (SSSR count). The van der Waals surface area contributed by atoms with Crippen molar-refractivity contribution in [2.45, 2.75) is 12.8 Å². The minimum Gasteiger partial charge on any atom is -0.371 e. The molecule has 2 aromatic rings. The van der Waals surface area contributed by atoms with Crippen molar-refractivity contribution in [2.75, 3.05) is 49.1 Å². The van der Waals surface area contributed by atoms with Crippen molar-refractivity contribution >= 4 is 33.8 Å². The summed E-state index contributed by atoms with van der Waals surface area (Å²) in [6.07, 6.45) is 3.94. The van der Waals surface area contributed by atoms with E-state index < -0.39 is 4.92 Å². The number of carbonyl (C=O) groups excluding carboxylic acids is 1. The van der Waals surface area contributed by atoms with E-state index in [4.69, 9.17) is 0 Å². The van der Waals surface area contributed by atoms with Gasteiger partial charge in [-0.15, -0.1) is 11.3 Å². The van der Waals surface area contributed by atoms with E-state index in [1.54, 1.807) is 28.5 Å². The first-order valence-electron chi connectivity index (χ1n) is 9.10. The Morgan fingerprint density at radius 2 is 1.81 bits per heavy atom. The smallest absolute Gasteiger partial charge is 0.270 e. The van der Waals surface area contributed by atoms with Gasteiger partial charge in [-0.25, -0.2) is 4.98 Å². The summed E-state index contributed by atoms with van der Waals surface area (Å²) in [5, 5.41) is 14.1. The lowest BCUT2D eigenvalue weighted by atomic mass is 10.1. The summed E-state index contributed by atoms with van der Waals surface area (Å²) in [7, 11) is 0. The van der Waals surface area contributed by atoms with Crippen LogP contribution in [0, 0.1) is 10.1 Å². The minimum absolute atomic E-state index is 0.0391. The van der Waals surface area contributed by atoms with E-state index in [9.17, 15) is 14.9 Å². The Morgan fingerprint density at radius 1 is 1.07 bits per heavy atom. The molecule has 1 amide bonds. The summed E-state index contributed by atoms with van der Waals surface area (Å²) in [4.78, 5) is 34.4. The van der Waals surface area contributed by atoms with Crippen LogP contribution in [-0.4, -0.2) is 60.0 Å². The number of benzene rings is 1. The Morgan fingerprint density at radius 3 is 2.44 bits per heavy atom. The summed E-state index contributed by atoms with van der Waals surface area (Å²) >= 11 is 1.59. The second-order valence-electron chi connectivity index (χ2n) is 6.75. The molecule has 0 saturated carbocycles. The van der Waals surface area contributed by atoms with Crippen LogP contribution in [0.4, 0.5) is 16.5 Å². The van der Waals surface area contributed by atoms with Crippen LogP contribution in [0.15, 0.2) is 29.8 Å². The highest BCUT2D eigenvalue weighted by molar-refractivity contribution is 7.13. The fraction of sp³-hybridized carbons (Fsp3) is 0.444. The van der Waals surface area contributed by atoms with E-state index in [2.05, 4.69) is 14.8 Å². The predicted molar refractivity (Wildman–Crippen MR) is 105 cm³/mol. The van der Waals surface area contributed by atoms with Gasteiger partial charge >= 0.3 is 0 Å². The van der Waals surface area contributed by atoms with Gasteiger partial charge < -0.3 is 14.7 Å². The highest BCUT2D eigenvalue weighted by Gasteiger charge is 2.28. The first kappa shape index (κ1) is 17.7. The molecular formula is C18H21N5O3S. The minimum atomic E-state index is -0.440. The molecule has 0 aliphatic carbocycles. The maximum Gasteiger partial charge on any atom is 0.270 e. The zero-order valence-corrected chi connectivity index (χ0v) is 15.7. The summed E-state index contributed by atoms with van der Waals surface area (Å²) < 4.78 is 0. The predicted octanol–water partition coefficient (Wildman–Crippen LogP) is 2.61. The molecule has 2 saturated heterocycles. The van der Waals surface area contributed by atoms with Crippen LogP contribution < -0.4 is 9.80 Å². The molecule has 8 nitrogen and oxygen atoms in total. The van der Waals surface area contributed by atoms with Crippen LogP contribution in [0.5, 0.6) is 0 Å². The molecule has 0 spiro atoms. The van der Waals surface area contributed by atoms with Crippen molar-refractivity contribution in [3.63, 3.8) is 0 Å². The Bertz CT molecular complexity index is 828. The van der Waals surface area contributed by atoms with E-state index >= 15 is 0 Å². The number of rotatable bonds is 4. The van der Waals surface area contributed by atoms with E-state index in [-0.39, 0.29) is 11.6 Å². The molecule has 0 atom stereocenters. The van der Waals surface area contributed by atoms with Gasteiger partial charge in [0.2, 0.25) is 0 Å². The zero-order valence-electron chi connectivity index (χ0n) is 14.9. The van der Waals surface area contributed by atoms with E-state index in [1.165, 1.54) is 12.1 Å². The first-order chi connectivity index (χ1) is 13.1. The van der Waals surface area contributed by atoms with Gasteiger partial charge in [0.15, 0.2) is 5.13 Å². The van der Waals surface area contributed by atoms with Crippen LogP contribution in [0.1, 0.15) is 23.2 Å². The number of piperazine rings is 1. The number of amides is 1. The second-order valence-corrected chi connectivity index (χ2v) is 7.62. The molecule has 0 N–H and O–H groups in total. The van der Waals surface area contributed by atoms with E-state index in [1.807, 2.05) is 5.38 Å². The molecule has 0 bridgehead atoms. The van der Waals surface area contributed by atoms with Crippen molar-refractivity contribution in [3.8, 4) is 0 Å². The average Bonchev–Trinajstić information content (AvgIpc) is 3.41. The number of non-ortho nitro benzene ring substituents is 1. The fourth-order valence-electron chi connectivity index (χ4n) is 3.69.